The maximum atomic E-state index is 13.1. The minimum atomic E-state index is -0.349. The number of hydrogen-bond acceptors (Lipinski definition) is 1. The number of carbonyl (C=O) groups is 1. The van der Waals surface area contributed by atoms with E-state index in [4.69, 9.17) is 0 Å². The molecule has 1 amide bonds. The van der Waals surface area contributed by atoms with Crippen molar-refractivity contribution in [2.45, 2.75) is 6.42 Å². The second-order valence-corrected chi connectivity index (χ2v) is 5.05. The summed E-state index contributed by atoms with van der Waals surface area (Å²) in [6.45, 7) is 0.439. The van der Waals surface area contributed by atoms with Gasteiger partial charge in [0.25, 0.3) is 5.91 Å². The Morgan fingerprint density at radius 3 is 2.50 bits per heavy atom. The summed E-state index contributed by atoms with van der Waals surface area (Å²) < 4.78 is 25.9. The third kappa shape index (κ3) is 3.14. The second-order valence-electron chi connectivity index (χ2n) is 5.05. The van der Waals surface area contributed by atoms with Crippen molar-refractivity contribution in [3.63, 3.8) is 0 Å². The number of rotatable bonds is 4. The van der Waals surface area contributed by atoms with Gasteiger partial charge in [-0.15, -0.1) is 0 Å². The van der Waals surface area contributed by atoms with Gasteiger partial charge in [-0.2, -0.15) is 0 Å². The summed E-state index contributed by atoms with van der Waals surface area (Å²) in [5.74, 6) is -0.880. The summed E-state index contributed by atoms with van der Waals surface area (Å²) >= 11 is 0. The van der Waals surface area contributed by atoms with E-state index in [0.29, 0.717) is 24.2 Å². The van der Waals surface area contributed by atoms with Crippen molar-refractivity contribution >= 4 is 16.8 Å². The van der Waals surface area contributed by atoms with Gasteiger partial charge in [0.1, 0.15) is 17.3 Å². The Morgan fingerprint density at radius 2 is 1.73 bits per heavy atom. The van der Waals surface area contributed by atoms with Crippen LogP contribution >= 0.6 is 0 Å². The highest BCUT2D eigenvalue weighted by Gasteiger charge is 2.09. The number of hydrogen-bond donors (Lipinski definition) is 2. The van der Waals surface area contributed by atoms with E-state index >= 15 is 0 Å². The molecule has 0 radical (unpaired) electrons. The summed E-state index contributed by atoms with van der Waals surface area (Å²) in [6.07, 6.45) is 0.612. The molecule has 3 aromatic rings. The van der Waals surface area contributed by atoms with Crippen LogP contribution in [0.15, 0.2) is 48.5 Å². The molecule has 1 heterocycles. The molecule has 5 heteroatoms. The number of fused-ring (bicyclic) bond motifs is 1. The molecule has 0 unspecified atom stereocenters. The van der Waals surface area contributed by atoms with Gasteiger partial charge in [-0.05, 0) is 48.4 Å². The van der Waals surface area contributed by atoms with Crippen molar-refractivity contribution in [2.24, 2.45) is 0 Å². The average Bonchev–Trinajstić information content (AvgIpc) is 2.92. The average molecular weight is 300 g/mol. The fourth-order valence-corrected chi connectivity index (χ4v) is 2.29. The van der Waals surface area contributed by atoms with Crippen LogP contribution in [0.5, 0.6) is 0 Å². The molecule has 0 aliphatic heterocycles. The predicted molar refractivity (Wildman–Crippen MR) is 80.7 cm³/mol. The van der Waals surface area contributed by atoms with Crippen LogP contribution < -0.4 is 5.32 Å². The van der Waals surface area contributed by atoms with Crippen molar-refractivity contribution in [1.29, 1.82) is 0 Å². The highest BCUT2D eigenvalue weighted by Crippen LogP contribution is 2.16. The minimum absolute atomic E-state index is 0.251. The lowest BCUT2D eigenvalue weighted by Gasteiger charge is -2.04. The van der Waals surface area contributed by atoms with Crippen LogP contribution in [0.4, 0.5) is 8.78 Å². The monoisotopic (exact) mass is 300 g/mol. The zero-order valence-corrected chi connectivity index (χ0v) is 11.7. The number of aromatic amines is 1. The van der Waals surface area contributed by atoms with Crippen LogP contribution in [-0.2, 0) is 6.42 Å². The fourth-order valence-electron chi connectivity index (χ4n) is 2.29. The SMILES string of the molecule is O=C(NCCc1ccc(F)cc1)c1cc2ccc(F)cc2[nH]1. The van der Waals surface area contributed by atoms with Crippen molar-refractivity contribution in [2.75, 3.05) is 6.54 Å². The molecule has 0 aliphatic rings. The Kier molecular flexibility index (Phi) is 3.87. The molecule has 2 N–H and O–H groups in total. The summed E-state index contributed by atoms with van der Waals surface area (Å²) in [6, 6.07) is 12.2. The number of halogens is 2. The first-order valence-electron chi connectivity index (χ1n) is 6.93. The van der Waals surface area contributed by atoms with E-state index in [1.165, 1.54) is 24.3 Å². The molecule has 0 saturated carbocycles. The van der Waals surface area contributed by atoms with E-state index in [-0.39, 0.29) is 17.5 Å². The zero-order valence-electron chi connectivity index (χ0n) is 11.7. The van der Waals surface area contributed by atoms with Crippen LogP contribution in [0.2, 0.25) is 0 Å². The Morgan fingerprint density at radius 1 is 1.00 bits per heavy atom. The molecule has 0 saturated heterocycles. The van der Waals surface area contributed by atoms with Gasteiger partial charge >= 0.3 is 0 Å². The van der Waals surface area contributed by atoms with Crippen LogP contribution in [0.25, 0.3) is 10.9 Å². The van der Waals surface area contributed by atoms with E-state index in [2.05, 4.69) is 10.3 Å². The van der Waals surface area contributed by atoms with E-state index < -0.39 is 0 Å². The number of nitrogens with one attached hydrogen (secondary N) is 2. The smallest absolute Gasteiger partial charge is 0.267 e. The van der Waals surface area contributed by atoms with E-state index in [0.717, 1.165) is 10.9 Å². The molecule has 0 spiro atoms. The van der Waals surface area contributed by atoms with Gasteiger partial charge in [-0.1, -0.05) is 12.1 Å². The number of amides is 1. The molecular formula is C17H14F2N2O. The van der Waals surface area contributed by atoms with Crippen molar-refractivity contribution in [3.8, 4) is 0 Å². The molecule has 3 rings (SSSR count). The number of carbonyl (C=O) groups excluding carboxylic acids is 1. The summed E-state index contributed by atoms with van der Waals surface area (Å²) in [4.78, 5) is 14.9. The quantitative estimate of drug-likeness (QED) is 0.762. The lowest BCUT2D eigenvalue weighted by atomic mass is 10.1. The second kappa shape index (κ2) is 5.97. The topological polar surface area (TPSA) is 44.9 Å². The zero-order chi connectivity index (χ0) is 15.5. The first-order chi connectivity index (χ1) is 10.6. The highest BCUT2D eigenvalue weighted by atomic mass is 19.1. The number of aromatic nitrogens is 1. The van der Waals surface area contributed by atoms with Crippen LogP contribution in [0.3, 0.4) is 0 Å². The summed E-state index contributed by atoms with van der Waals surface area (Å²) in [5, 5.41) is 3.56. The lowest BCUT2D eigenvalue weighted by molar-refractivity contribution is 0.0950. The van der Waals surface area contributed by atoms with Gasteiger partial charge in [0.15, 0.2) is 0 Å². The minimum Gasteiger partial charge on any atom is -0.350 e. The maximum Gasteiger partial charge on any atom is 0.267 e. The fraction of sp³-hybridized carbons (Fsp3) is 0.118. The van der Waals surface area contributed by atoms with Crippen molar-refractivity contribution in [1.82, 2.24) is 10.3 Å². The normalized spacial score (nSPS) is 10.8. The van der Waals surface area contributed by atoms with Crippen molar-refractivity contribution in [3.05, 3.63) is 71.4 Å². The third-order valence-electron chi connectivity index (χ3n) is 3.44. The molecule has 3 nitrogen and oxygen atoms in total. The van der Waals surface area contributed by atoms with Gasteiger partial charge in [-0.25, -0.2) is 8.78 Å². The highest BCUT2D eigenvalue weighted by molar-refractivity contribution is 5.97. The Bertz CT molecular complexity index is 809. The first kappa shape index (κ1) is 14.3. The molecule has 0 aliphatic carbocycles. The third-order valence-corrected chi connectivity index (χ3v) is 3.44. The molecule has 0 atom stereocenters. The maximum absolute atomic E-state index is 13.1. The largest absolute Gasteiger partial charge is 0.350 e. The van der Waals surface area contributed by atoms with Crippen molar-refractivity contribution < 1.29 is 13.6 Å². The van der Waals surface area contributed by atoms with Gasteiger partial charge < -0.3 is 10.3 Å². The molecule has 112 valence electrons. The lowest BCUT2D eigenvalue weighted by Crippen LogP contribution is -2.25. The summed E-state index contributed by atoms with van der Waals surface area (Å²) in [5.41, 5.74) is 1.92. The summed E-state index contributed by atoms with van der Waals surface area (Å²) in [7, 11) is 0. The number of benzene rings is 2. The Hall–Kier alpha value is -2.69. The van der Waals surface area contributed by atoms with E-state index in [1.807, 2.05) is 0 Å². The molecule has 22 heavy (non-hydrogen) atoms. The predicted octanol–water partition coefficient (Wildman–Crippen LogP) is 3.42. The molecule has 1 aromatic heterocycles. The van der Waals surface area contributed by atoms with Gasteiger partial charge in [0.05, 0.1) is 0 Å². The van der Waals surface area contributed by atoms with Gasteiger partial charge in [0, 0.05) is 17.4 Å². The standard InChI is InChI=1S/C17H14F2N2O/c18-13-4-1-11(2-5-13)7-8-20-17(22)16-9-12-3-6-14(19)10-15(12)21-16/h1-6,9-10,21H,7-8H2,(H,20,22). The Balaban J connectivity index is 1.62. The van der Waals surface area contributed by atoms with Crippen LogP contribution in [0.1, 0.15) is 16.1 Å². The molecular weight excluding hydrogens is 286 g/mol. The number of H-pyrrole nitrogens is 1. The first-order valence-corrected chi connectivity index (χ1v) is 6.93. The molecule has 0 fully saturated rings. The van der Waals surface area contributed by atoms with Crippen LogP contribution in [-0.4, -0.2) is 17.4 Å². The molecule has 0 bridgehead atoms. The Labute approximate surface area is 126 Å². The van der Waals surface area contributed by atoms with Crippen LogP contribution in [0, 0.1) is 11.6 Å². The van der Waals surface area contributed by atoms with E-state index in [9.17, 15) is 13.6 Å². The van der Waals surface area contributed by atoms with Gasteiger partial charge in [0.2, 0.25) is 0 Å². The molecule has 2 aromatic carbocycles. The van der Waals surface area contributed by atoms with Gasteiger partial charge in [-0.3, -0.25) is 4.79 Å². The van der Waals surface area contributed by atoms with E-state index in [1.54, 1.807) is 24.3 Å².